The molecule has 0 amide bonds. The van der Waals surface area contributed by atoms with Crippen LogP contribution in [0.4, 0.5) is 0 Å². The van der Waals surface area contributed by atoms with Crippen LogP contribution in [-0.2, 0) is 4.79 Å². The lowest BCUT2D eigenvalue weighted by atomic mass is 10.1. The van der Waals surface area contributed by atoms with Gasteiger partial charge < -0.3 is 10.8 Å². The fraction of sp³-hybridized carbons (Fsp3) is 0.889. The summed E-state index contributed by atoms with van der Waals surface area (Å²) < 4.78 is 0. The van der Waals surface area contributed by atoms with Crippen molar-refractivity contribution in [1.29, 1.82) is 0 Å². The van der Waals surface area contributed by atoms with Crippen molar-refractivity contribution in [2.45, 2.75) is 38.3 Å². The molecule has 3 N–H and O–H groups in total. The predicted octanol–water partition coefficient (Wildman–Crippen LogP) is 0.273. The third-order valence-electron chi connectivity index (χ3n) is 2.54. The molecular weight excluding hydrogens is 168 g/mol. The summed E-state index contributed by atoms with van der Waals surface area (Å²) >= 11 is 0. The first kappa shape index (κ1) is 10.5. The largest absolute Gasteiger partial charge is 0.480 e. The highest BCUT2D eigenvalue weighted by Crippen LogP contribution is 2.14. The summed E-state index contributed by atoms with van der Waals surface area (Å²) in [5, 5.41) is 8.97. The zero-order chi connectivity index (χ0) is 9.84. The van der Waals surface area contributed by atoms with Crippen molar-refractivity contribution in [3.63, 3.8) is 0 Å². The molecule has 76 valence electrons. The van der Waals surface area contributed by atoms with Gasteiger partial charge in [-0.2, -0.15) is 0 Å². The highest BCUT2D eigenvalue weighted by atomic mass is 16.4. The van der Waals surface area contributed by atoms with Gasteiger partial charge in [0, 0.05) is 19.1 Å². The minimum atomic E-state index is -0.712. The van der Waals surface area contributed by atoms with Gasteiger partial charge in [-0.3, -0.25) is 9.69 Å². The Labute approximate surface area is 78.7 Å². The topological polar surface area (TPSA) is 66.6 Å². The number of hydrogen-bond acceptors (Lipinski definition) is 3. The standard InChI is InChI=1S/C9H18N2O2/c1-2-3-8(9(12)13)11-5-4-7(10)6-11/h7-8H,2-6,10H2,1H3,(H,12,13). The lowest BCUT2D eigenvalue weighted by molar-refractivity contribution is -0.143. The van der Waals surface area contributed by atoms with Gasteiger partial charge in [0.25, 0.3) is 0 Å². The third kappa shape index (κ3) is 2.67. The highest BCUT2D eigenvalue weighted by molar-refractivity contribution is 5.73. The van der Waals surface area contributed by atoms with E-state index in [0.717, 1.165) is 32.4 Å². The minimum Gasteiger partial charge on any atom is -0.480 e. The van der Waals surface area contributed by atoms with Crippen molar-refractivity contribution in [3.05, 3.63) is 0 Å². The molecule has 4 heteroatoms. The van der Waals surface area contributed by atoms with E-state index in [-0.39, 0.29) is 12.1 Å². The summed E-state index contributed by atoms with van der Waals surface area (Å²) in [7, 11) is 0. The molecule has 1 saturated heterocycles. The summed E-state index contributed by atoms with van der Waals surface area (Å²) in [5.41, 5.74) is 5.72. The Bertz CT molecular complexity index is 184. The van der Waals surface area contributed by atoms with E-state index in [1.54, 1.807) is 0 Å². The maximum absolute atomic E-state index is 10.9. The van der Waals surface area contributed by atoms with Crippen LogP contribution >= 0.6 is 0 Å². The van der Waals surface area contributed by atoms with Crippen molar-refractivity contribution in [3.8, 4) is 0 Å². The zero-order valence-corrected chi connectivity index (χ0v) is 8.07. The van der Waals surface area contributed by atoms with Crippen LogP contribution in [-0.4, -0.2) is 41.1 Å². The first-order chi connectivity index (χ1) is 6.15. The average Bonchev–Trinajstić information content (AvgIpc) is 2.46. The van der Waals surface area contributed by atoms with Crippen LogP contribution in [0.15, 0.2) is 0 Å². The van der Waals surface area contributed by atoms with Gasteiger partial charge in [0.15, 0.2) is 0 Å². The molecule has 4 nitrogen and oxygen atoms in total. The van der Waals surface area contributed by atoms with Crippen molar-refractivity contribution >= 4 is 5.97 Å². The molecule has 0 aromatic rings. The van der Waals surface area contributed by atoms with Gasteiger partial charge in [-0.1, -0.05) is 13.3 Å². The number of carbonyl (C=O) groups is 1. The molecule has 2 unspecified atom stereocenters. The van der Waals surface area contributed by atoms with Gasteiger partial charge in [0.2, 0.25) is 0 Å². The second kappa shape index (κ2) is 4.58. The normalized spacial score (nSPS) is 26.2. The maximum atomic E-state index is 10.9. The van der Waals surface area contributed by atoms with E-state index in [4.69, 9.17) is 10.8 Å². The van der Waals surface area contributed by atoms with Gasteiger partial charge in [-0.05, 0) is 12.8 Å². The summed E-state index contributed by atoms with van der Waals surface area (Å²) in [6.45, 7) is 3.57. The maximum Gasteiger partial charge on any atom is 0.320 e. The molecule has 0 radical (unpaired) electrons. The third-order valence-corrected chi connectivity index (χ3v) is 2.54. The molecule has 1 rings (SSSR count). The zero-order valence-electron chi connectivity index (χ0n) is 8.07. The smallest absolute Gasteiger partial charge is 0.320 e. The Morgan fingerprint density at radius 2 is 2.46 bits per heavy atom. The van der Waals surface area contributed by atoms with Crippen molar-refractivity contribution < 1.29 is 9.90 Å². The monoisotopic (exact) mass is 186 g/mol. The molecule has 1 aliphatic heterocycles. The fourth-order valence-corrected chi connectivity index (χ4v) is 1.83. The van der Waals surface area contributed by atoms with Gasteiger partial charge in [-0.15, -0.1) is 0 Å². The molecule has 0 aromatic heterocycles. The van der Waals surface area contributed by atoms with Crippen molar-refractivity contribution in [2.75, 3.05) is 13.1 Å². The molecule has 0 bridgehead atoms. The molecule has 0 spiro atoms. The van der Waals surface area contributed by atoms with E-state index >= 15 is 0 Å². The molecule has 0 aromatic carbocycles. The number of carboxylic acid groups (broad SMARTS) is 1. The van der Waals surface area contributed by atoms with Crippen molar-refractivity contribution in [1.82, 2.24) is 4.90 Å². The summed E-state index contributed by atoms with van der Waals surface area (Å²) in [5.74, 6) is -0.712. The van der Waals surface area contributed by atoms with Crippen LogP contribution in [0, 0.1) is 0 Å². The fourth-order valence-electron chi connectivity index (χ4n) is 1.83. The lowest BCUT2D eigenvalue weighted by Gasteiger charge is -2.23. The quantitative estimate of drug-likeness (QED) is 0.661. The van der Waals surface area contributed by atoms with Gasteiger partial charge in [-0.25, -0.2) is 0 Å². The van der Waals surface area contributed by atoms with Crippen LogP contribution in [0.5, 0.6) is 0 Å². The second-order valence-electron chi connectivity index (χ2n) is 3.69. The molecule has 1 fully saturated rings. The van der Waals surface area contributed by atoms with E-state index in [2.05, 4.69) is 0 Å². The average molecular weight is 186 g/mol. The summed E-state index contributed by atoms with van der Waals surface area (Å²) in [6, 6.07) is -0.155. The van der Waals surface area contributed by atoms with Crippen LogP contribution in [0.3, 0.4) is 0 Å². The molecule has 0 saturated carbocycles. The van der Waals surface area contributed by atoms with E-state index in [1.165, 1.54) is 0 Å². The Morgan fingerprint density at radius 1 is 1.77 bits per heavy atom. The number of carboxylic acids is 1. The second-order valence-corrected chi connectivity index (χ2v) is 3.69. The Balaban J connectivity index is 2.49. The van der Waals surface area contributed by atoms with E-state index in [0.29, 0.717) is 0 Å². The number of nitrogens with two attached hydrogens (primary N) is 1. The first-order valence-electron chi connectivity index (χ1n) is 4.87. The van der Waals surface area contributed by atoms with Crippen LogP contribution < -0.4 is 5.73 Å². The van der Waals surface area contributed by atoms with Gasteiger partial charge >= 0.3 is 5.97 Å². The number of rotatable bonds is 4. The Kier molecular flexibility index (Phi) is 3.69. The first-order valence-corrected chi connectivity index (χ1v) is 4.87. The Hall–Kier alpha value is -0.610. The van der Waals surface area contributed by atoms with Crippen LogP contribution in [0.25, 0.3) is 0 Å². The SMILES string of the molecule is CCCC(C(=O)O)N1CCC(N)C1. The molecule has 2 atom stereocenters. The number of hydrogen-bond donors (Lipinski definition) is 2. The molecule has 1 heterocycles. The van der Waals surface area contributed by atoms with E-state index in [1.807, 2.05) is 11.8 Å². The van der Waals surface area contributed by atoms with Gasteiger partial charge in [0.1, 0.15) is 6.04 Å². The van der Waals surface area contributed by atoms with Gasteiger partial charge in [0.05, 0.1) is 0 Å². The number of nitrogens with zero attached hydrogens (tertiary/aromatic N) is 1. The van der Waals surface area contributed by atoms with Crippen LogP contribution in [0.2, 0.25) is 0 Å². The Morgan fingerprint density at radius 3 is 2.85 bits per heavy atom. The molecule has 1 aliphatic rings. The lowest BCUT2D eigenvalue weighted by Crippen LogP contribution is -2.40. The number of aliphatic carboxylic acids is 1. The van der Waals surface area contributed by atoms with E-state index < -0.39 is 5.97 Å². The minimum absolute atomic E-state index is 0.165. The number of likely N-dealkylation sites (tertiary alicyclic amines) is 1. The van der Waals surface area contributed by atoms with Crippen LogP contribution in [0.1, 0.15) is 26.2 Å². The predicted molar refractivity (Wildman–Crippen MR) is 50.5 cm³/mol. The van der Waals surface area contributed by atoms with Crippen molar-refractivity contribution in [2.24, 2.45) is 5.73 Å². The van der Waals surface area contributed by atoms with E-state index in [9.17, 15) is 4.79 Å². The summed E-state index contributed by atoms with van der Waals surface area (Å²) in [4.78, 5) is 12.9. The highest BCUT2D eigenvalue weighted by Gasteiger charge is 2.29. The molecule has 13 heavy (non-hydrogen) atoms. The molecule has 0 aliphatic carbocycles. The molecular formula is C9H18N2O2. The summed E-state index contributed by atoms with van der Waals surface area (Å²) in [6.07, 6.45) is 2.55.